The van der Waals surface area contributed by atoms with Gasteiger partial charge in [0.1, 0.15) is 0 Å². The molecule has 0 bridgehead atoms. The Kier molecular flexibility index (Phi) is 18.1. The molecule has 0 spiro atoms. The van der Waals surface area contributed by atoms with E-state index in [-0.39, 0.29) is 50.7 Å². The van der Waals surface area contributed by atoms with Gasteiger partial charge in [-0.25, -0.2) is 22.3 Å². The zero-order valence-corrected chi connectivity index (χ0v) is 20.7. The molecule has 2 rings (SSSR count). The third kappa shape index (κ3) is 11.6. The van der Waals surface area contributed by atoms with Crippen LogP contribution in [0, 0.1) is 24.0 Å². The van der Waals surface area contributed by atoms with Crippen molar-refractivity contribution in [1.29, 1.82) is 0 Å². The molecular formula is C20H32Cl2Hf-2. The fraction of sp³-hybridized carbons (Fsp3) is 0.600. The van der Waals surface area contributed by atoms with Gasteiger partial charge in [-0.1, -0.05) is 40.5 Å². The zero-order chi connectivity index (χ0) is 15.1. The molecule has 0 atom stereocenters. The summed E-state index contributed by atoms with van der Waals surface area (Å²) < 4.78 is 0. The van der Waals surface area contributed by atoms with Crippen molar-refractivity contribution in [3.05, 3.63) is 46.6 Å². The van der Waals surface area contributed by atoms with Crippen LogP contribution >= 0.6 is 24.8 Å². The van der Waals surface area contributed by atoms with E-state index < -0.39 is 0 Å². The molecule has 0 aliphatic heterocycles. The smallest absolute Gasteiger partial charge is 0 e. The van der Waals surface area contributed by atoms with Crippen molar-refractivity contribution >= 4 is 24.8 Å². The molecule has 2 aliphatic carbocycles. The minimum Gasteiger partial charge on any atom is -0.269 e. The molecule has 0 radical (unpaired) electrons. The number of halogens is 2. The Morgan fingerprint density at radius 2 is 1.09 bits per heavy atom. The van der Waals surface area contributed by atoms with E-state index in [1.54, 1.807) is 0 Å². The van der Waals surface area contributed by atoms with Gasteiger partial charge in [0.25, 0.3) is 0 Å². The van der Waals surface area contributed by atoms with Crippen LogP contribution in [-0.4, -0.2) is 0 Å². The summed E-state index contributed by atoms with van der Waals surface area (Å²) in [5.74, 6) is 1.54. The normalized spacial score (nSPS) is 15.3. The van der Waals surface area contributed by atoms with E-state index in [9.17, 15) is 0 Å². The minimum atomic E-state index is 0. The minimum absolute atomic E-state index is 0. The molecule has 0 heterocycles. The van der Waals surface area contributed by atoms with Gasteiger partial charge < -0.3 is 0 Å². The summed E-state index contributed by atoms with van der Waals surface area (Å²) in [6.45, 7) is 13.4. The van der Waals surface area contributed by atoms with Gasteiger partial charge in [-0.15, -0.1) is 51.5 Å². The van der Waals surface area contributed by atoms with E-state index in [0.717, 1.165) is 24.7 Å². The van der Waals surface area contributed by atoms with Gasteiger partial charge in [0.05, 0.1) is 0 Å². The van der Waals surface area contributed by atoms with Gasteiger partial charge in [0, 0.05) is 25.8 Å². The van der Waals surface area contributed by atoms with Crippen molar-refractivity contribution in [2.45, 2.75) is 67.2 Å². The molecule has 0 saturated carbocycles. The van der Waals surface area contributed by atoms with Crippen molar-refractivity contribution in [2.75, 3.05) is 0 Å². The van der Waals surface area contributed by atoms with Crippen LogP contribution < -0.4 is 0 Å². The summed E-state index contributed by atoms with van der Waals surface area (Å²) >= 11 is 0. The first-order chi connectivity index (χ1) is 9.40. The van der Waals surface area contributed by atoms with Crippen molar-refractivity contribution in [2.24, 2.45) is 11.8 Å². The van der Waals surface area contributed by atoms with Crippen molar-refractivity contribution in [3.63, 3.8) is 0 Å². The SMILES string of the molecule is CC1=CC[C-]=C1CC(C)C.CC1=CC[C-]=C1CC(C)C.Cl.Cl.[Hf]. The van der Waals surface area contributed by atoms with Gasteiger partial charge >= 0.3 is 0 Å². The molecule has 0 saturated heterocycles. The van der Waals surface area contributed by atoms with Crippen LogP contribution in [0.15, 0.2) is 34.4 Å². The summed E-state index contributed by atoms with van der Waals surface area (Å²) in [6, 6.07) is 0. The van der Waals surface area contributed by atoms with E-state index in [1.165, 1.54) is 35.1 Å². The standard InChI is InChI=1S/2C10H15.2ClH.Hf/c2*1-8(2)7-10-6-4-5-9(10)3;;;/h2*5,8H,4,7H2,1-3H3;2*1H;/q2*-1;;;. The monoisotopic (exact) mass is 522 g/mol. The van der Waals surface area contributed by atoms with E-state index in [2.05, 4.69) is 65.8 Å². The number of hydrogen-bond acceptors (Lipinski definition) is 0. The topological polar surface area (TPSA) is 0 Å². The third-order valence-corrected chi connectivity index (χ3v) is 3.62. The molecule has 0 fully saturated rings. The molecule has 0 N–H and O–H groups in total. The Morgan fingerprint density at radius 3 is 1.26 bits per heavy atom. The van der Waals surface area contributed by atoms with Crippen LogP contribution in [0.1, 0.15) is 67.2 Å². The molecule has 3 heteroatoms. The van der Waals surface area contributed by atoms with Gasteiger partial charge in [0.2, 0.25) is 0 Å². The fourth-order valence-corrected chi connectivity index (χ4v) is 2.46. The second kappa shape index (κ2) is 14.7. The third-order valence-electron chi connectivity index (χ3n) is 3.62. The first-order valence-electron chi connectivity index (χ1n) is 7.93. The van der Waals surface area contributed by atoms with Gasteiger partial charge in [-0.05, 0) is 11.8 Å². The molecule has 2 aliphatic rings. The van der Waals surface area contributed by atoms with Gasteiger partial charge in [0.15, 0.2) is 0 Å². The Bertz CT molecular complexity index is 399. The molecule has 0 nitrogen and oxygen atoms in total. The van der Waals surface area contributed by atoms with Crippen molar-refractivity contribution in [3.8, 4) is 0 Å². The van der Waals surface area contributed by atoms with E-state index in [4.69, 9.17) is 0 Å². The van der Waals surface area contributed by atoms with Gasteiger partial charge in [-0.2, -0.15) is 12.2 Å². The maximum atomic E-state index is 3.36. The Balaban J connectivity index is -0.000000308. The quantitative estimate of drug-likeness (QED) is 0.274. The molecule has 23 heavy (non-hydrogen) atoms. The summed E-state index contributed by atoms with van der Waals surface area (Å²) in [7, 11) is 0. The van der Waals surface area contributed by atoms with Crippen LogP contribution in [0.2, 0.25) is 0 Å². The van der Waals surface area contributed by atoms with Crippen molar-refractivity contribution in [1.82, 2.24) is 0 Å². The molecule has 0 aromatic heterocycles. The molecule has 0 aromatic rings. The van der Waals surface area contributed by atoms with Crippen LogP contribution in [0.4, 0.5) is 0 Å². The zero-order valence-electron chi connectivity index (χ0n) is 15.5. The molecule has 0 amide bonds. The number of allylic oxidation sites excluding steroid dienone is 8. The summed E-state index contributed by atoms with van der Waals surface area (Å²) in [5, 5.41) is 0. The first-order valence-corrected chi connectivity index (χ1v) is 7.93. The van der Waals surface area contributed by atoms with Crippen LogP contribution in [0.25, 0.3) is 0 Å². The maximum absolute atomic E-state index is 3.36. The number of hydrogen-bond donors (Lipinski definition) is 0. The van der Waals surface area contributed by atoms with E-state index in [0.29, 0.717) is 0 Å². The van der Waals surface area contributed by atoms with Gasteiger partial charge in [-0.3, -0.25) is 12.2 Å². The van der Waals surface area contributed by atoms with Crippen LogP contribution in [0.3, 0.4) is 0 Å². The van der Waals surface area contributed by atoms with E-state index in [1.807, 2.05) is 0 Å². The van der Waals surface area contributed by atoms with Crippen molar-refractivity contribution < 1.29 is 25.8 Å². The maximum Gasteiger partial charge on any atom is 0 e. The molecule has 0 unspecified atom stereocenters. The molecule has 132 valence electrons. The molecular weight excluding hydrogens is 490 g/mol. The first kappa shape index (κ1) is 28.2. The second-order valence-electron chi connectivity index (χ2n) is 6.69. The summed E-state index contributed by atoms with van der Waals surface area (Å²) in [4.78, 5) is 0. The Labute approximate surface area is 175 Å². The summed E-state index contributed by atoms with van der Waals surface area (Å²) in [6.07, 6.45) is 15.7. The summed E-state index contributed by atoms with van der Waals surface area (Å²) in [5.41, 5.74) is 5.76. The predicted octanol–water partition coefficient (Wildman–Crippen LogP) is 7.07. The average Bonchev–Trinajstić information content (AvgIpc) is 2.90. The Morgan fingerprint density at radius 1 is 0.783 bits per heavy atom. The van der Waals surface area contributed by atoms with Crippen LogP contribution in [0.5, 0.6) is 0 Å². The average molecular weight is 522 g/mol. The largest absolute Gasteiger partial charge is 0.269 e. The van der Waals surface area contributed by atoms with Crippen LogP contribution in [-0.2, 0) is 25.8 Å². The number of rotatable bonds is 4. The predicted molar refractivity (Wildman–Crippen MR) is 104 cm³/mol. The van der Waals surface area contributed by atoms with E-state index >= 15 is 0 Å². The second-order valence-corrected chi connectivity index (χ2v) is 6.69. The fourth-order valence-electron chi connectivity index (χ4n) is 2.46. The Hall–Kier alpha value is 0.410. The molecule has 0 aromatic carbocycles.